The Labute approximate surface area is 118 Å². The normalized spacial score (nSPS) is 20.5. The summed E-state index contributed by atoms with van der Waals surface area (Å²) in [5, 5.41) is 2.71. The molecule has 7 heteroatoms. The topological polar surface area (TPSA) is 98.5 Å². The van der Waals surface area contributed by atoms with Crippen LogP contribution in [0.5, 0.6) is 5.75 Å². The predicted octanol–water partition coefficient (Wildman–Crippen LogP) is 0.341. The van der Waals surface area contributed by atoms with Crippen molar-refractivity contribution >= 4 is 21.4 Å². The molecule has 1 aromatic carbocycles. The molecule has 0 aliphatic carbocycles. The first kappa shape index (κ1) is 14.6. The highest BCUT2D eigenvalue weighted by Crippen LogP contribution is 2.14. The van der Waals surface area contributed by atoms with E-state index in [-0.39, 0.29) is 36.5 Å². The van der Waals surface area contributed by atoms with Crippen LogP contribution in [0.2, 0.25) is 0 Å². The molecule has 1 aliphatic rings. The number of rotatable bonds is 5. The maximum Gasteiger partial charge on any atom is 0.223 e. The molecule has 110 valence electrons. The van der Waals surface area contributed by atoms with E-state index >= 15 is 0 Å². The van der Waals surface area contributed by atoms with Gasteiger partial charge < -0.3 is 15.8 Å². The summed E-state index contributed by atoms with van der Waals surface area (Å²) in [4.78, 5) is 11.6. The second-order valence-corrected chi connectivity index (χ2v) is 7.06. The van der Waals surface area contributed by atoms with Crippen LogP contribution in [0.1, 0.15) is 12.8 Å². The Morgan fingerprint density at radius 3 is 2.65 bits per heavy atom. The van der Waals surface area contributed by atoms with E-state index in [1.807, 2.05) is 0 Å². The van der Waals surface area contributed by atoms with Crippen LogP contribution in [-0.4, -0.2) is 38.5 Å². The van der Waals surface area contributed by atoms with Crippen molar-refractivity contribution in [2.45, 2.75) is 18.9 Å². The van der Waals surface area contributed by atoms with Gasteiger partial charge in [-0.25, -0.2) is 8.42 Å². The average molecular weight is 298 g/mol. The third-order valence-electron chi connectivity index (χ3n) is 3.08. The molecule has 1 aromatic rings. The first-order valence-electron chi connectivity index (χ1n) is 6.43. The number of hydrogen-bond acceptors (Lipinski definition) is 5. The van der Waals surface area contributed by atoms with E-state index in [0.29, 0.717) is 17.9 Å². The molecule has 1 saturated heterocycles. The van der Waals surface area contributed by atoms with E-state index in [1.54, 1.807) is 24.3 Å². The molecule has 1 amide bonds. The van der Waals surface area contributed by atoms with E-state index in [2.05, 4.69) is 5.32 Å². The van der Waals surface area contributed by atoms with Crippen molar-refractivity contribution in [3.05, 3.63) is 24.3 Å². The van der Waals surface area contributed by atoms with Gasteiger partial charge in [0.1, 0.15) is 5.75 Å². The molecular weight excluding hydrogens is 280 g/mol. The Balaban J connectivity index is 1.69. The van der Waals surface area contributed by atoms with E-state index in [1.165, 1.54) is 0 Å². The Hall–Kier alpha value is -1.76. The van der Waals surface area contributed by atoms with Gasteiger partial charge >= 0.3 is 0 Å². The lowest BCUT2D eigenvalue weighted by molar-refractivity contribution is -0.122. The number of sulfone groups is 1. The van der Waals surface area contributed by atoms with E-state index in [0.717, 1.165) is 0 Å². The second-order valence-electron chi connectivity index (χ2n) is 4.83. The van der Waals surface area contributed by atoms with Crippen molar-refractivity contribution in [2.24, 2.45) is 0 Å². The lowest BCUT2D eigenvalue weighted by atomic mass is 10.2. The van der Waals surface area contributed by atoms with Gasteiger partial charge in [-0.05, 0) is 30.7 Å². The molecule has 6 nitrogen and oxygen atoms in total. The monoisotopic (exact) mass is 298 g/mol. The van der Waals surface area contributed by atoms with Crippen molar-refractivity contribution < 1.29 is 17.9 Å². The minimum Gasteiger partial charge on any atom is -0.493 e. The average Bonchev–Trinajstić information content (AvgIpc) is 2.71. The summed E-state index contributed by atoms with van der Waals surface area (Å²) in [5.41, 5.74) is 6.20. The number of benzene rings is 1. The minimum atomic E-state index is -2.97. The van der Waals surface area contributed by atoms with Gasteiger partial charge in [-0.2, -0.15) is 0 Å². The molecule has 0 aromatic heterocycles. The van der Waals surface area contributed by atoms with Gasteiger partial charge in [-0.3, -0.25) is 4.79 Å². The fraction of sp³-hybridized carbons (Fsp3) is 0.462. The zero-order valence-electron chi connectivity index (χ0n) is 11.0. The van der Waals surface area contributed by atoms with Crippen molar-refractivity contribution in [3.63, 3.8) is 0 Å². The molecule has 0 spiro atoms. The molecule has 1 fully saturated rings. The number of nitrogen functional groups attached to an aromatic ring is 1. The van der Waals surface area contributed by atoms with Crippen LogP contribution in [0.25, 0.3) is 0 Å². The van der Waals surface area contributed by atoms with Gasteiger partial charge in [-0.15, -0.1) is 0 Å². The van der Waals surface area contributed by atoms with Crippen LogP contribution >= 0.6 is 0 Å². The van der Waals surface area contributed by atoms with Crippen LogP contribution < -0.4 is 15.8 Å². The first-order chi connectivity index (χ1) is 9.44. The van der Waals surface area contributed by atoms with Gasteiger partial charge in [0, 0.05) is 11.7 Å². The summed E-state index contributed by atoms with van der Waals surface area (Å²) in [6.45, 7) is 0.245. The van der Waals surface area contributed by atoms with E-state index < -0.39 is 9.84 Å². The number of amides is 1. The van der Waals surface area contributed by atoms with Crippen molar-refractivity contribution in [2.75, 3.05) is 23.8 Å². The quantitative estimate of drug-likeness (QED) is 0.764. The van der Waals surface area contributed by atoms with Crippen LogP contribution in [0.3, 0.4) is 0 Å². The highest BCUT2D eigenvalue weighted by atomic mass is 32.2. The summed E-state index contributed by atoms with van der Waals surface area (Å²) in [7, 11) is -2.97. The smallest absolute Gasteiger partial charge is 0.223 e. The number of carbonyl (C=O) groups excluding carboxylic acids is 1. The number of carbonyl (C=O) groups is 1. The third-order valence-corrected chi connectivity index (χ3v) is 4.84. The second kappa shape index (κ2) is 6.13. The number of hydrogen-bond donors (Lipinski definition) is 2. The summed E-state index contributed by atoms with van der Waals surface area (Å²) in [6.07, 6.45) is 0.688. The molecule has 1 aliphatic heterocycles. The first-order valence-corrected chi connectivity index (χ1v) is 8.25. The number of nitrogens with one attached hydrogen (secondary N) is 1. The lowest BCUT2D eigenvalue weighted by Gasteiger charge is -2.11. The van der Waals surface area contributed by atoms with Crippen molar-refractivity contribution in [3.8, 4) is 5.75 Å². The largest absolute Gasteiger partial charge is 0.493 e. The maximum absolute atomic E-state index is 11.6. The molecule has 0 saturated carbocycles. The van der Waals surface area contributed by atoms with Crippen LogP contribution in [0, 0.1) is 0 Å². The minimum absolute atomic E-state index is 0.0392. The number of anilines is 1. The Morgan fingerprint density at radius 1 is 1.35 bits per heavy atom. The number of ether oxygens (including phenoxy) is 1. The lowest BCUT2D eigenvalue weighted by Crippen LogP contribution is -2.36. The molecule has 20 heavy (non-hydrogen) atoms. The molecule has 2 rings (SSSR count). The van der Waals surface area contributed by atoms with Crippen LogP contribution in [0.15, 0.2) is 24.3 Å². The van der Waals surface area contributed by atoms with E-state index in [9.17, 15) is 13.2 Å². The summed E-state index contributed by atoms with van der Waals surface area (Å²) >= 11 is 0. The molecule has 0 radical (unpaired) electrons. The fourth-order valence-corrected chi connectivity index (χ4v) is 3.71. The van der Waals surface area contributed by atoms with Gasteiger partial charge in [-0.1, -0.05) is 0 Å². The van der Waals surface area contributed by atoms with E-state index in [4.69, 9.17) is 10.5 Å². The zero-order valence-corrected chi connectivity index (χ0v) is 11.9. The Morgan fingerprint density at radius 2 is 2.05 bits per heavy atom. The zero-order chi connectivity index (χ0) is 14.6. The van der Waals surface area contributed by atoms with Gasteiger partial charge in [0.2, 0.25) is 5.91 Å². The number of nitrogens with two attached hydrogens (primary N) is 1. The molecule has 1 unspecified atom stereocenters. The highest BCUT2D eigenvalue weighted by molar-refractivity contribution is 7.91. The summed E-state index contributed by atoms with van der Waals surface area (Å²) in [5.74, 6) is 0.648. The predicted molar refractivity (Wildman–Crippen MR) is 76.2 cm³/mol. The Kier molecular flexibility index (Phi) is 4.49. The SMILES string of the molecule is Nc1ccc(OCCC(=O)NC2CCS(=O)(=O)C2)cc1. The summed E-state index contributed by atoms with van der Waals surface area (Å²) < 4.78 is 27.9. The molecular formula is C13H18N2O4S. The van der Waals surface area contributed by atoms with Crippen molar-refractivity contribution in [1.82, 2.24) is 5.32 Å². The third kappa shape index (κ3) is 4.41. The molecule has 1 heterocycles. The highest BCUT2D eigenvalue weighted by Gasteiger charge is 2.28. The van der Waals surface area contributed by atoms with Crippen LogP contribution in [-0.2, 0) is 14.6 Å². The van der Waals surface area contributed by atoms with Gasteiger partial charge in [0.25, 0.3) is 0 Å². The van der Waals surface area contributed by atoms with Gasteiger partial charge in [0.15, 0.2) is 9.84 Å². The summed E-state index contributed by atoms with van der Waals surface area (Å²) in [6, 6.07) is 6.65. The maximum atomic E-state index is 11.6. The molecule has 0 bridgehead atoms. The fourth-order valence-electron chi connectivity index (χ4n) is 2.03. The Bertz CT molecular complexity index is 569. The van der Waals surface area contributed by atoms with Crippen LogP contribution in [0.4, 0.5) is 5.69 Å². The molecule has 1 atom stereocenters. The molecule has 3 N–H and O–H groups in total. The van der Waals surface area contributed by atoms with Crippen molar-refractivity contribution in [1.29, 1.82) is 0 Å². The van der Waals surface area contributed by atoms with Gasteiger partial charge in [0.05, 0.1) is 24.5 Å². The standard InChI is InChI=1S/C13H18N2O4S/c14-10-1-3-12(4-2-10)19-7-5-13(16)15-11-6-8-20(17,18)9-11/h1-4,11H,5-9,14H2,(H,15,16).